The monoisotopic (exact) mass is 309 g/mol. The largest absolute Gasteiger partial charge is 0.495 e. The van der Waals surface area contributed by atoms with Gasteiger partial charge in [-0.2, -0.15) is 31.6 Å². The van der Waals surface area contributed by atoms with Crippen LogP contribution in [0.5, 0.6) is 5.75 Å². The quantitative estimate of drug-likeness (QED) is 0.859. The summed E-state index contributed by atoms with van der Waals surface area (Å²) in [7, 11) is -3.25. The first-order valence-electron chi connectivity index (χ1n) is 5.10. The van der Waals surface area contributed by atoms with Crippen molar-refractivity contribution in [2.45, 2.75) is 6.18 Å². The van der Waals surface area contributed by atoms with Crippen LogP contribution in [-0.4, -0.2) is 28.2 Å². The third kappa shape index (κ3) is 4.60. The molecule has 0 heterocycles. The average Bonchev–Trinajstić information content (AvgIpc) is 2.36. The summed E-state index contributed by atoms with van der Waals surface area (Å²) < 4.78 is 67.0. The normalized spacial score (nSPS) is 11.8. The van der Waals surface area contributed by atoms with Crippen molar-refractivity contribution in [3.63, 3.8) is 0 Å². The molecule has 0 aliphatic carbocycles. The molecule has 0 aromatic heterocycles. The molecule has 0 spiro atoms. The molecule has 0 saturated carbocycles. The molecule has 110 valence electrons. The predicted molar refractivity (Wildman–Crippen MR) is 64.3 cm³/mol. The minimum absolute atomic E-state index is 0.0152. The lowest BCUT2D eigenvalue weighted by Crippen LogP contribution is -2.37. The van der Waals surface area contributed by atoms with Crippen LogP contribution in [0.2, 0.25) is 0 Å². The molecule has 1 aromatic carbocycles. The molecule has 0 atom stereocenters. The van der Waals surface area contributed by atoms with E-state index in [1.165, 1.54) is 30.0 Å². The predicted octanol–water partition coefficient (Wildman–Crippen LogP) is 1.38. The van der Waals surface area contributed by atoms with E-state index in [0.717, 1.165) is 0 Å². The van der Waals surface area contributed by atoms with E-state index in [2.05, 4.69) is 0 Å². The van der Waals surface area contributed by atoms with Gasteiger partial charge in [-0.15, -0.1) is 0 Å². The summed E-state index contributed by atoms with van der Waals surface area (Å²) in [6, 6.07) is 5.81. The molecule has 0 aliphatic heterocycles. The second-order valence-corrected chi connectivity index (χ2v) is 5.04. The molecule has 0 aliphatic rings. The molecule has 1 aromatic rings. The van der Waals surface area contributed by atoms with Gasteiger partial charge in [-0.05, 0) is 12.1 Å². The Morgan fingerprint density at radius 2 is 2.05 bits per heavy atom. The highest BCUT2D eigenvalue weighted by Gasteiger charge is 2.30. The lowest BCUT2D eigenvalue weighted by molar-refractivity contribution is -0.121. The molecule has 0 bridgehead atoms. The van der Waals surface area contributed by atoms with Gasteiger partial charge in [0.15, 0.2) is 0 Å². The number of nitriles is 1. The van der Waals surface area contributed by atoms with Crippen molar-refractivity contribution < 1.29 is 26.3 Å². The number of ether oxygens (including phenoxy) is 1. The number of rotatable bonds is 5. The first kappa shape index (κ1) is 16.1. The van der Waals surface area contributed by atoms with Crippen molar-refractivity contribution in [3.8, 4) is 11.8 Å². The molecule has 2 N–H and O–H groups in total. The first-order chi connectivity index (χ1) is 9.18. The van der Waals surface area contributed by atoms with Crippen LogP contribution < -0.4 is 14.2 Å². The molecular formula is C10H10F3N3O3S. The first-order valence-corrected chi connectivity index (χ1v) is 6.58. The van der Waals surface area contributed by atoms with Crippen molar-refractivity contribution in [2.24, 2.45) is 0 Å². The standard InChI is InChI=1S/C10H10F3N3O3S/c1-19-8-4-2-3-7(5-14)9(8)16-20(17,18)15-6-10(11,12)13/h2-4,15-16H,6H2,1H3. The van der Waals surface area contributed by atoms with E-state index in [9.17, 15) is 21.6 Å². The Morgan fingerprint density at radius 3 is 2.55 bits per heavy atom. The van der Waals surface area contributed by atoms with Crippen molar-refractivity contribution in [1.29, 1.82) is 5.26 Å². The molecular weight excluding hydrogens is 299 g/mol. The fourth-order valence-corrected chi connectivity index (χ4v) is 2.15. The Balaban J connectivity index is 3.01. The van der Waals surface area contributed by atoms with Gasteiger partial charge in [-0.25, -0.2) is 0 Å². The van der Waals surface area contributed by atoms with Crippen LogP contribution in [0.3, 0.4) is 0 Å². The minimum atomic E-state index is -4.69. The number of methoxy groups -OCH3 is 1. The van der Waals surface area contributed by atoms with Gasteiger partial charge < -0.3 is 4.74 Å². The van der Waals surface area contributed by atoms with Gasteiger partial charge in [0, 0.05) is 0 Å². The van der Waals surface area contributed by atoms with Gasteiger partial charge in [0.25, 0.3) is 10.2 Å². The van der Waals surface area contributed by atoms with Gasteiger partial charge >= 0.3 is 6.18 Å². The molecule has 6 nitrogen and oxygen atoms in total. The van der Waals surface area contributed by atoms with E-state index in [0.29, 0.717) is 0 Å². The Kier molecular flexibility index (Phi) is 4.80. The number of nitrogens with zero attached hydrogens (tertiary/aromatic N) is 1. The maximum atomic E-state index is 12.0. The van der Waals surface area contributed by atoms with E-state index in [4.69, 9.17) is 10.00 Å². The summed E-state index contributed by atoms with van der Waals surface area (Å²) in [6.45, 7) is -1.72. The zero-order valence-electron chi connectivity index (χ0n) is 10.2. The van der Waals surface area contributed by atoms with Crippen molar-refractivity contribution in [3.05, 3.63) is 23.8 Å². The highest BCUT2D eigenvalue weighted by molar-refractivity contribution is 7.90. The van der Waals surface area contributed by atoms with E-state index < -0.39 is 22.9 Å². The molecule has 0 radical (unpaired) electrons. The molecule has 0 amide bonds. The number of nitrogens with one attached hydrogen (secondary N) is 2. The van der Waals surface area contributed by atoms with Crippen LogP contribution in [0, 0.1) is 11.3 Å². The number of alkyl halides is 3. The molecule has 0 fully saturated rings. The third-order valence-corrected chi connectivity index (χ3v) is 3.06. The lowest BCUT2D eigenvalue weighted by atomic mass is 10.2. The summed E-state index contributed by atoms with van der Waals surface area (Å²) >= 11 is 0. The molecule has 1 rings (SSSR count). The van der Waals surface area contributed by atoms with Crippen LogP contribution >= 0.6 is 0 Å². The third-order valence-electron chi connectivity index (χ3n) is 2.07. The summed E-state index contributed by atoms with van der Waals surface area (Å²) in [5.74, 6) is 0.0152. The lowest BCUT2D eigenvalue weighted by Gasteiger charge is -2.14. The second-order valence-electron chi connectivity index (χ2n) is 3.54. The number of para-hydroxylation sites is 1. The smallest absolute Gasteiger partial charge is 0.402 e. The highest BCUT2D eigenvalue weighted by Crippen LogP contribution is 2.28. The number of anilines is 1. The summed E-state index contributed by atoms with van der Waals surface area (Å²) in [4.78, 5) is 0. The maximum absolute atomic E-state index is 12.0. The SMILES string of the molecule is COc1cccc(C#N)c1NS(=O)(=O)NCC(F)(F)F. The van der Waals surface area contributed by atoms with Gasteiger partial charge in [-0.1, -0.05) is 6.07 Å². The van der Waals surface area contributed by atoms with E-state index in [-0.39, 0.29) is 17.0 Å². The van der Waals surface area contributed by atoms with Gasteiger partial charge in [-0.3, -0.25) is 4.72 Å². The molecule has 10 heteroatoms. The Labute approximate surface area is 113 Å². The fourth-order valence-electron chi connectivity index (χ4n) is 1.25. The number of hydrogen-bond acceptors (Lipinski definition) is 4. The molecule has 0 saturated heterocycles. The van der Waals surface area contributed by atoms with Gasteiger partial charge in [0.2, 0.25) is 0 Å². The summed E-state index contributed by atoms with van der Waals surface area (Å²) in [5.41, 5.74) is -0.311. The van der Waals surface area contributed by atoms with Crippen molar-refractivity contribution in [1.82, 2.24) is 4.72 Å². The fraction of sp³-hybridized carbons (Fsp3) is 0.300. The number of halogens is 3. The molecule has 20 heavy (non-hydrogen) atoms. The van der Waals surface area contributed by atoms with Gasteiger partial charge in [0.05, 0.1) is 12.7 Å². The summed E-state index contributed by atoms with van der Waals surface area (Å²) in [5, 5.41) is 8.85. The topological polar surface area (TPSA) is 91.2 Å². The Bertz CT molecular complexity index is 623. The van der Waals surface area contributed by atoms with Crippen molar-refractivity contribution in [2.75, 3.05) is 18.4 Å². The van der Waals surface area contributed by atoms with Crippen molar-refractivity contribution >= 4 is 15.9 Å². The van der Waals surface area contributed by atoms with Gasteiger partial charge in [0.1, 0.15) is 24.1 Å². The van der Waals surface area contributed by atoms with E-state index in [1.54, 1.807) is 6.07 Å². The Morgan fingerprint density at radius 1 is 1.40 bits per heavy atom. The average molecular weight is 309 g/mol. The van der Waals surface area contributed by atoms with E-state index in [1.807, 2.05) is 4.72 Å². The zero-order chi connectivity index (χ0) is 15.4. The maximum Gasteiger partial charge on any atom is 0.402 e. The number of benzene rings is 1. The van der Waals surface area contributed by atoms with Crippen LogP contribution in [0.4, 0.5) is 18.9 Å². The molecule has 0 unspecified atom stereocenters. The second kappa shape index (κ2) is 5.98. The van der Waals surface area contributed by atoms with Crippen LogP contribution in [0.1, 0.15) is 5.56 Å². The number of hydrogen-bond donors (Lipinski definition) is 2. The van der Waals surface area contributed by atoms with Crippen LogP contribution in [0.25, 0.3) is 0 Å². The minimum Gasteiger partial charge on any atom is -0.495 e. The highest BCUT2D eigenvalue weighted by atomic mass is 32.2. The van der Waals surface area contributed by atoms with Crippen LogP contribution in [0.15, 0.2) is 18.2 Å². The van der Waals surface area contributed by atoms with Crippen LogP contribution in [-0.2, 0) is 10.2 Å². The summed E-state index contributed by atoms with van der Waals surface area (Å²) in [6.07, 6.45) is -4.69. The Hall–Kier alpha value is -1.99. The van der Waals surface area contributed by atoms with E-state index >= 15 is 0 Å². The zero-order valence-corrected chi connectivity index (χ0v) is 11.0.